The van der Waals surface area contributed by atoms with E-state index in [1.165, 1.54) is 41.5 Å². The largest absolute Gasteiger partial charge is 0.523 e. The van der Waals surface area contributed by atoms with Crippen molar-refractivity contribution in [1.29, 1.82) is 0 Å². The quantitative estimate of drug-likeness (QED) is 0.0608. The first-order chi connectivity index (χ1) is 39.7. The molecule has 89 heavy (non-hydrogen) atoms. The van der Waals surface area contributed by atoms with Crippen molar-refractivity contribution in [1.82, 2.24) is 49.9 Å². The maximum atomic E-state index is 13.3. The zero-order chi connectivity index (χ0) is 67.4. The number of fused-ring (bicyclic) bond motifs is 2. The number of ether oxygens (including phenoxy) is 6. The smallest absolute Gasteiger partial charge is 0.443 e. The van der Waals surface area contributed by atoms with Gasteiger partial charge < -0.3 is 28.4 Å². The molecule has 0 bridgehead atoms. The molecule has 25 nitrogen and oxygen atoms in total. The van der Waals surface area contributed by atoms with Crippen molar-refractivity contribution in [3.63, 3.8) is 0 Å². The van der Waals surface area contributed by atoms with Crippen LogP contribution >= 0.6 is 0 Å². The van der Waals surface area contributed by atoms with Gasteiger partial charge in [0.2, 0.25) is 11.8 Å². The van der Waals surface area contributed by atoms with Crippen molar-refractivity contribution in [2.75, 3.05) is 16.4 Å². The highest BCUT2D eigenvalue weighted by Crippen LogP contribution is 2.40. The van der Waals surface area contributed by atoms with Gasteiger partial charge in [-0.25, -0.2) is 53.8 Å². The summed E-state index contributed by atoms with van der Waals surface area (Å²) in [5, 5.41) is 9.47. The lowest BCUT2D eigenvalue weighted by Crippen LogP contribution is -2.44. The van der Waals surface area contributed by atoms with E-state index in [9.17, 15) is 93.5 Å². The number of carbonyl (C=O) groups excluding carboxylic acids is 4. The van der Waals surface area contributed by atoms with Crippen LogP contribution in [0.3, 0.4) is 0 Å². The molecule has 0 aliphatic heterocycles. The van der Waals surface area contributed by atoms with Gasteiger partial charge in [0.1, 0.15) is 52.4 Å². The molecule has 0 radical (unpaired) electrons. The molecule has 41 heteroatoms. The van der Waals surface area contributed by atoms with E-state index in [2.05, 4.69) is 49.4 Å². The molecule has 494 valence electrons. The van der Waals surface area contributed by atoms with E-state index in [0.717, 1.165) is 31.1 Å². The van der Waals surface area contributed by atoms with Gasteiger partial charge in [-0.2, -0.15) is 84.1 Å². The van der Waals surface area contributed by atoms with Crippen LogP contribution in [0.1, 0.15) is 102 Å². The third-order valence-electron chi connectivity index (χ3n) is 9.03. The van der Waals surface area contributed by atoms with E-state index in [-0.39, 0.29) is 30.2 Å². The molecule has 0 unspecified atom stereocenters. The van der Waals surface area contributed by atoms with E-state index in [0.29, 0.717) is 32.7 Å². The fourth-order valence-corrected chi connectivity index (χ4v) is 6.38. The number of alkyl halides is 15. The van der Waals surface area contributed by atoms with Crippen molar-refractivity contribution in [3.05, 3.63) is 60.4 Å². The Bertz CT molecular complexity index is 3530. The molecule has 1 N–H and O–H groups in total. The Balaban J connectivity index is 0.000000387. The minimum Gasteiger partial charge on any atom is -0.443 e. The number of nitrogens with one attached hydrogen (secondary N) is 1. The minimum absolute atomic E-state index is 0. The molecule has 0 saturated carbocycles. The Kier molecular flexibility index (Phi) is 22.6. The molecule has 0 saturated heterocycles. The van der Waals surface area contributed by atoms with Crippen LogP contribution in [-0.4, -0.2) is 130 Å². The highest BCUT2D eigenvalue weighted by molar-refractivity contribution is 7.87. The van der Waals surface area contributed by atoms with Crippen LogP contribution in [0.15, 0.2) is 49.3 Å². The third kappa shape index (κ3) is 22.5. The Morgan fingerprint density at radius 1 is 0.528 bits per heavy atom. The summed E-state index contributed by atoms with van der Waals surface area (Å²) in [4.78, 5) is 76.2. The summed E-state index contributed by atoms with van der Waals surface area (Å²) in [6.07, 6.45) is -20.8. The molecule has 6 heterocycles. The van der Waals surface area contributed by atoms with E-state index >= 15 is 0 Å². The van der Waals surface area contributed by atoms with Crippen molar-refractivity contribution < 1.29 is 126 Å². The second kappa shape index (κ2) is 27.0. The first-order valence-electron chi connectivity index (χ1n) is 24.1. The van der Waals surface area contributed by atoms with Gasteiger partial charge in [0, 0.05) is 24.5 Å². The molecule has 0 spiro atoms. The fraction of sp³-hybridized carbons (Fsp3) is 0.500. The number of carbonyl (C=O) groups is 4. The van der Waals surface area contributed by atoms with Gasteiger partial charge in [-0.3, -0.25) is 9.28 Å². The Morgan fingerprint density at radius 3 is 1.27 bits per heavy atom. The van der Waals surface area contributed by atoms with Crippen LogP contribution in [0.2, 0.25) is 0 Å². The first-order valence-corrected chi connectivity index (χ1v) is 25.5. The Morgan fingerprint density at radius 2 is 0.910 bits per heavy atom. The number of aromatic amines is 1. The van der Waals surface area contributed by atoms with E-state index in [1.54, 1.807) is 41.5 Å². The number of H-pyrrole nitrogens is 1. The van der Waals surface area contributed by atoms with Crippen LogP contribution in [0, 0.1) is 0 Å². The van der Waals surface area contributed by atoms with Crippen molar-refractivity contribution in [2.45, 2.75) is 150 Å². The van der Waals surface area contributed by atoms with Crippen molar-refractivity contribution in [3.8, 4) is 23.5 Å². The zero-order valence-electron chi connectivity index (χ0n) is 47.3. The number of imide groups is 2. The molecule has 0 aliphatic rings. The van der Waals surface area contributed by atoms with E-state index in [1.807, 2.05) is 0 Å². The summed E-state index contributed by atoms with van der Waals surface area (Å²) in [5.41, 5.74) is -12.8. The molecule has 6 aromatic heterocycles. The summed E-state index contributed by atoms with van der Waals surface area (Å²) >= 11 is 0. The maximum absolute atomic E-state index is 13.3. The highest BCUT2D eigenvalue weighted by atomic mass is 32.2. The van der Waals surface area contributed by atoms with Gasteiger partial charge >= 0.3 is 64.7 Å². The lowest BCUT2D eigenvalue weighted by Gasteiger charge is -2.28. The van der Waals surface area contributed by atoms with E-state index < -0.39 is 146 Å². The van der Waals surface area contributed by atoms with Gasteiger partial charge in [-0.15, -0.1) is 10.2 Å². The predicted octanol–water partition coefficient (Wildman–Crippen LogP) is 13.6. The SMILES string of the molecule is C.CC(C)(C)OC(=O)N(C(=O)OC(C)(C)C)c1ncnc2[nH]nc(Oc3cc(C(F)(F)F)ccn3)c12.CC(C)(C)OC(=O)N(C(=O)OC(C)(C)C)c1ncnc2c1c(Oc1cc(C(F)(F)F)ccn1)nn2CC(F)(F)F.O=S(=O)(OCC(F)(F)F)C(F)(F)F. The lowest BCUT2D eigenvalue weighted by molar-refractivity contribution is -0.156. The van der Waals surface area contributed by atoms with E-state index in [4.69, 9.17) is 28.4 Å². The summed E-state index contributed by atoms with van der Waals surface area (Å²) in [6, 6.07) is 2.58. The number of rotatable bonds is 9. The van der Waals surface area contributed by atoms with Crippen molar-refractivity contribution >= 4 is 68.2 Å². The third-order valence-corrected chi connectivity index (χ3v) is 10.0. The topological polar surface area (TPSA) is 297 Å². The summed E-state index contributed by atoms with van der Waals surface area (Å²) in [6.45, 7) is 14.3. The maximum Gasteiger partial charge on any atom is 0.523 e. The summed E-state index contributed by atoms with van der Waals surface area (Å²) in [7, 11) is -6.15. The average Bonchev–Trinajstić information content (AvgIpc) is 2.03. The van der Waals surface area contributed by atoms with Crippen LogP contribution < -0.4 is 19.3 Å². The van der Waals surface area contributed by atoms with Crippen LogP contribution in [0.25, 0.3) is 22.1 Å². The summed E-state index contributed by atoms with van der Waals surface area (Å²) < 4.78 is 241. The number of nitrogens with zero attached hydrogens (tertiary/aromatic N) is 11. The van der Waals surface area contributed by atoms with Gasteiger partial charge in [-0.1, -0.05) is 7.43 Å². The van der Waals surface area contributed by atoms with Gasteiger partial charge in [-0.05, 0) is 95.2 Å². The molecule has 0 aromatic carbocycles. The number of hydrogen-bond donors (Lipinski definition) is 1. The first kappa shape index (κ1) is 74.6. The van der Waals surface area contributed by atoms with Gasteiger partial charge in [0.05, 0.1) is 11.1 Å². The number of hydrogen-bond acceptors (Lipinski definition) is 21. The molecule has 6 rings (SSSR count). The monoisotopic (exact) mass is 1320 g/mol. The van der Waals surface area contributed by atoms with Crippen LogP contribution in [0.5, 0.6) is 23.5 Å². The Labute approximate surface area is 493 Å². The molecule has 4 amide bonds. The number of amides is 4. The van der Waals surface area contributed by atoms with Gasteiger partial charge in [0.15, 0.2) is 29.5 Å². The molecule has 0 fully saturated rings. The van der Waals surface area contributed by atoms with Crippen LogP contribution in [-0.2, 0) is 52.1 Å². The second-order valence-electron chi connectivity index (χ2n) is 21.3. The Hall–Kier alpha value is -8.66. The second-order valence-corrected chi connectivity index (χ2v) is 22.9. The predicted molar refractivity (Wildman–Crippen MR) is 275 cm³/mol. The minimum atomic E-state index is -6.15. The number of anilines is 2. The molecular formula is C48H53F15N12O13S. The van der Waals surface area contributed by atoms with Gasteiger partial charge in [0.25, 0.3) is 11.8 Å². The normalized spacial score (nSPS) is 12.8. The average molecular weight is 1320 g/mol. The lowest BCUT2D eigenvalue weighted by atomic mass is 10.2. The number of pyridine rings is 2. The fourth-order valence-electron chi connectivity index (χ4n) is 5.96. The van der Waals surface area contributed by atoms with Crippen molar-refractivity contribution in [2.24, 2.45) is 0 Å². The molecule has 6 aromatic rings. The number of halogens is 15. The highest BCUT2D eigenvalue weighted by Gasteiger charge is 2.49. The molecule has 0 atom stereocenters. The zero-order valence-corrected chi connectivity index (χ0v) is 48.2. The molecule has 0 aliphatic carbocycles. The number of aromatic nitrogens is 10. The summed E-state index contributed by atoms with van der Waals surface area (Å²) in [5.74, 6) is -3.25. The van der Waals surface area contributed by atoms with Crippen LogP contribution in [0.4, 0.5) is 96.7 Å². The standard InChI is InChI=1S/C23H24F6N6O5.C21H23F3N6O5.C3H2F6O3S.CH4/c1-20(2,3)39-18(36)35(19(37)40-21(4,5)6)16-14-15(31-11-32-16)34(10-22(24,25)26)33-17(14)38-13-9-12(7-8-30-13)23(27,28)29;1-19(2,3)34-17(31)30(18(32)35-20(4,5)6)15-13-14(26-10-27-15)28-29-16(13)33-12-9-11(7-8-25-12)21(22,23)24;4-2(5,6)1-12-13(10,11)3(7,8)9;/h7-9,11H,10H2,1-6H3;7-10H,1-6H3,(H,26,27,28,29);1H2;1H4. The molecular weight excluding hydrogens is 1270 g/mol.